The Labute approximate surface area is 115 Å². The summed E-state index contributed by atoms with van der Waals surface area (Å²) in [5.41, 5.74) is 6.58. The maximum absolute atomic E-state index is 12.4. The number of carbonyl (C=O) groups excluding carboxylic acids is 1. The monoisotopic (exact) mass is 264 g/mol. The van der Waals surface area contributed by atoms with Crippen LogP contribution in [0.3, 0.4) is 0 Å². The van der Waals surface area contributed by atoms with E-state index in [1.807, 2.05) is 39.8 Å². The zero-order chi connectivity index (χ0) is 14.6. The number of hydrogen-bond acceptors (Lipinski definition) is 3. The molecule has 0 saturated carbocycles. The molecule has 19 heavy (non-hydrogen) atoms. The Morgan fingerprint density at radius 1 is 1.32 bits per heavy atom. The van der Waals surface area contributed by atoms with Crippen LogP contribution in [0.25, 0.3) is 0 Å². The molecule has 0 aliphatic carbocycles. The zero-order valence-electron chi connectivity index (χ0n) is 12.1. The summed E-state index contributed by atoms with van der Waals surface area (Å²) in [5.74, 6) is 0.0983. The summed E-state index contributed by atoms with van der Waals surface area (Å²) >= 11 is 0. The van der Waals surface area contributed by atoms with Gasteiger partial charge in [0.25, 0.3) is 0 Å². The van der Waals surface area contributed by atoms with Crippen LogP contribution >= 0.6 is 0 Å². The van der Waals surface area contributed by atoms with Crippen LogP contribution in [-0.4, -0.2) is 23.7 Å². The lowest BCUT2D eigenvalue weighted by molar-refractivity contribution is -0.127. The van der Waals surface area contributed by atoms with Crippen LogP contribution < -0.4 is 11.1 Å². The first-order valence-corrected chi connectivity index (χ1v) is 6.57. The number of aliphatic hydroxyl groups is 1. The maximum Gasteiger partial charge on any atom is 0.230 e. The van der Waals surface area contributed by atoms with Gasteiger partial charge in [-0.25, -0.2) is 0 Å². The summed E-state index contributed by atoms with van der Waals surface area (Å²) in [6, 6.07) is 7.07. The van der Waals surface area contributed by atoms with Gasteiger partial charge in [-0.3, -0.25) is 4.79 Å². The Hall–Kier alpha value is -1.55. The van der Waals surface area contributed by atoms with Crippen LogP contribution in [0.2, 0.25) is 0 Å². The van der Waals surface area contributed by atoms with E-state index in [2.05, 4.69) is 5.32 Å². The predicted octanol–water partition coefficient (Wildman–Crippen LogP) is 1.68. The predicted molar refractivity (Wildman–Crippen MR) is 77.7 cm³/mol. The fraction of sp³-hybridized carbons (Fsp3) is 0.533. The summed E-state index contributed by atoms with van der Waals surface area (Å²) in [6.07, 6.45) is 0. The summed E-state index contributed by atoms with van der Waals surface area (Å²) in [7, 11) is 0. The Bertz CT molecular complexity index is 424. The van der Waals surface area contributed by atoms with Crippen LogP contribution in [-0.2, 0) is 10.2 Å². The minimum atomic E-state index is -0.657. The highest BCUT2D eigenvalue weighted by atomic mass is 16.3. The fourth-order valence-electron chi connectivity index (χ4n) is 1.80. The third-order valence-corrected chi connectivity index (χ3v) is 3.52. The van der Waals surface area contributed by atoms with Crippen LogP contribution in [0, 0.1) is 5.92 Å². The van der Waals surface area contributed by atoms with Gasteiger partial charge in [-0.15, -0.1) is 0 Å². The Kier molecular flexibility index (Phi) is 4.95. The van der Waals surface area contributed by atoms with Crippen LogP contribution in [0.15, 0.2) is 24.3 Å². The SMILES string of the molecule is CC(C)[C@@H](CO)NC(=O)C(C)(C)c1ccc(N)cc1. The number of nitrogen functional groups attached to an aromatic ring is 1. The first-order chi connectivity index (χ1) is 8.78. The molecule has 0 aliphatic rings. The molecule has 0 spiro atoms. The molecule has 0 saturated heterocycles. The molecule has 0 bridgehead atoms. The molecule has 1 rings (SSSR count). The average Bonchev–Trinajstić information content (AvgIpc) is 2.35. The first kappa shape index (κ1) is 15.5. The minimum Gasteiger partial charge on any atom is -0.399 e. The molecule has 4 nitrogen and oxygen atoms in total. The Morgan fingerprint density at radius 2 is 1.84 bits per heavy atom. The van der Waals surface area contributed by atoms with Crippen molar-refractivity contribution in [1.82, 2.24) is 5.32 Å². The molecule has 106 valence electrons. The third-order valence-electron chi connectivity index (χ3n) is 3.52. The highest BCUT2D eigenvalue weighted by Crippen LogP contribution is 2.24. The lowest BCUT2D eigenvalue weighted by Crippen LogP contribution is -2.48. The van der Waals surface area contributed by atoms with Gasteiger partial charge in [0.1, 0.15) is 0 Å². The molecule has 1 atom stereocenters. The van der Waals surface area contributed by atoms with Crippen molar-refractivity contribution >= 4 is 11.6 Å². The Balaban J connectivity index is 2.87. The van der Waals surface area contributed by atoms with Gasteiger partial charge in [0.2, 0.25) is 5.91 Å². The van der Waals surface area contributed by atoms with Crippen LogP contribution in [0.1, 0.15) is 33.3 Å². The molecule has 1 aromatic rings. The number of hydrogen-bond donors (Lipinski definition) is 3. The number of aliphatic hydroxyl groups excluding tert-OH is 1. The smallest absolute Gasteiger partial charge is 0.230 e. The first-order valence-electron chi connectivity index (χ1n) is 6.57. The number of benzene rings is 1. The molecule has 1 amide bonds. The molecule has 0 aliphatic heterocycles. The minimum absolute atomic E-state index is 0.0543. The number of nitrogens with two attached hydrogens (primary N) is 1. The lowest BCUT2D eigenvalue weighted by Gasteiger charge is -2.28. The molecular weight excluding hydrogens is 240 g/mol. The van der Waals surface area contributed by atoms with Crippen molar-refractivity contribution in [2.24, 2.45) is 5.92 Å². The van der Waals surface area contributed by atoms with Gasteiger partial charge in [0, 0.05) is 5.69 Å². The van der Waals surface area contributed by atoms with Gasteiger partial charge in [-0.2, -0.15) is 0 Å². The van der Waals surface area contributed by atoms with E-state index in [1.54, 1.807) is 12.1 Å². The number of anilines is 1. The third kappa shape index (κ3) is 3.70. The number of amides is 1. The average molecular weight is 264 g/mol. The number of carbonyl (C=O) groups is 1. The number of rotatable bonds is 5. The van der Waals surface area contributed by atoms with Gasteiger partial charge in [0.15, 0.2) is 0 Å². The van der Waals surface area contributed by atoms with Gasteiger partial charge in [-0.05, 0) is 37.5 Å². The molecule has 0 aromatic heterocycles. The van der Waals surface area contributed by atoms with E-state index in [4.69, 9.17) is 5.73 Å². The highest BCUT2D eigenvalue weighted by molar-refractivity contribution is 5.87. The van der Waals surface area contributed by atoms with E-state index < -0.39 is 5.41 Å². The van der Waals surface area contributed by atoms with Gasteiger partial charge in [0.05, 0.1) is 18.1 Å². The van der Waals surface area contributed by atoms with Crippen molar-refractivity contribution in [3.05, 3.63) is 29.8 Å². The van der Waals surface area contributed by atoms with Crippen molar-refractivity contribution < 1.29 is 9.90 Å². The fourth-order valence-corrected chi connectivity index (χ4v) is 1.80. The molecule has 0 heterocycles. The van der Waals surface area contributed by atoms with Crippen molar-refractivity contribution in [3.8, 4) is 0 Å². The molecule has 4 N–H and O–H groups in total. The molecule has 0 radical (unpaired) electrons. The second-order valence-corrected chi connectivity index (χ2v) is 5.75. The number of nitrogens with one attached hydrogen (secondary N) is 1. The Morgan fingerprint density at radius 3 is 2.26 bits per heavy atom. The molecule has 4 heteroatoms. The van der Waals surface area contributed by atoms with E-state index in [9.17, 15) is 9.90 Å². The topological polar surface area (TPSA) is 75.3 Å². The summed E-state index contributed by atoms with van der Waals surface area (Å²) in [4.78, 5) is 12.4. The summed E-state index contributed by atoms with van der Waals surface area (Å²) in [5, 5.41) is 12.2. The molecular formula is C15H24N2O2. The maximum atomic E-state index is 12.4. The molecule has 0 unspecified atom stereocenters. The van der Waals surface area contributed by atoms with Crippen LogP contribution in [0.5, 0.6) is 0 Å². The van der Waals surface area contributed by atoms with E-state index in [1.165, 1.54) is 0 Å². The van der Waals surface area contributed by atoms with Crippen molar-refractivity contribution in [2.45, 2.75) is 39.2 Å². The summed E-state index contributed by atoms with van der Waals surface area (Å²) in [6.45, 7) is 7.61. The zero-order valence-corrected chi connectivity index (χ0v) is 12.1. The van der Waals surface area contributed by atoms with Crippen molar-refractivity contribution in [2.75, 3.05) is 12.3 Å². The standard InChI is InChI=1S/C15H24N2O2/c1-10(2)13(9-18)17-14(19)15(3,4)11-5-7-12(16)8-6-11/h5-8,10,13,18H,9,16H2,1-4H3,(H,17,19)/t13-/m1/s1. The molecule has 1 aromatic carbocycles. The normalized spacial score (nSPS) is 13.4. The van der Waals surface area contributed by atoms with Gasteiger partial charge in [-0.1, -0.05) is 26.0 Å². The quantitative estimate of drug-likeness (QED) is 0.708. The van der Waals surface area contributed by atoms with E-state index in [0.717, 1.165) is 5.56 Å². The summed E-state index contributed by atoms with van der Waals surface area (Å²) < 4.78 is 0. The lowest BCUT2D eigenvalue weighted by atomic mass is 9.83. The van der Waals surface area contributed by atoms with E-state index >= 15 is 0 Å². The second-order valence-electron chi connectivity index (χ2n) is 5.75. The van der Waals surface area contributed by atoms with Crippen molar-refractivity contribution in [3.63, 3.8) is 0 Å². The highest BCUT2D eigenvalue weighted by Gasteiger charge is 2.31. The van der Waals surface area contributed by atoms with Crippen molar-refractivity contribution in [1.29, 1.82) is 0 Å². The molecule has 0 fully saturated rings. The van der Waals surface area contributed by atoms with Crippen LogP contribution in [0.4, 0.5) is 5.69 Å². The van der Waals surface area contributed by atoms with E-state index in [-0.39, 0.29) is 24.5 Å². The second kappa shape index (κ2) is 6.06. The van der Waals surface area contributed by atoms with Gasteiger partial charge < -0.3 is 16.2 Å². The van der Waals surface area contributed by atoms with E-state index in [0.29, 0.717) is 5.69 Å². The largest absolute Gasteiger partial charge is 0.399 e. The van der Waals surface area contributed by atoms with Gasteiger partial charge >= 0.3 is 0 Å².